The Morgan fingerprint density at radius 2 is 1.60 bits per heavy atom. The zero-order valence-corrected chi connectivity index (χ0v) is 20.1. The normalized spacial score (nSPS) is 19.3. The minimum Gasteiger partial charge on any atom is -0.444 e. The molecule has 1 aliphatic heterocycles. The van der Waals surface area contributed by atoms with Crippen LogP contribution in [-0.4, -0.2) is 66.7 Å². The number of amides is 2. The summed E-state index contributed by atoms with van der Waals surface area (Å²) in [5.41, 5.74) is -1.39. The molecule has 10 heteroatoms. The van der Waals surface area contributed by atoms with Gasteiger partial charge >= 0.3 is 22.4 Å². The summed E-state index contributed by atoms with van der Waals surface area (Å²) in [5, 5.41) is 0. The average Bonchev–Trinajstić information content (AvgIpc) is 2.42. The molecule has 174 valence electrons. The SMILES string of the molecule is CCCCN(C1CC2(C1)CN(C(=O)OC(C)(C)C)C2)S(=O)(=O)NC(=O)OC(C)(C)C. The Morgan fingerprint density at radius 3 is 2.07 bits per heavy atom. The lowest BCUT2D eigenvalue weighted by atomic mass is 9.60. The molecule has 1 spiro atoms. The molecule has 30 heavy (non-hydrogen) atoms. The lowest BCUT2D eigenvalue weighted by molar-refractivity contribution is -0.0952. The van der Waals surface area contributed by atoms with Gasteiger partial charge in [0.05, 0.1) is 0 Å². The van der Waals surface area contributed by atoms with E-state index in [0.29, 0.717) is 38.9 Å². The minimum atomic E-state index is -4.01. The first-order valence-corrected chi connectivity index (χ1v) is 12.0. The average molecular weight is 448 g/mol. The van der Waals surface area contributed by atoms with Crippen molar-refractivity contribution in [2.45, 2.75) is 91.4 Å². The molecule has 2 fully saturated rings. The number of hydrogen-bond acceptors (Lipinski definition) is 6. The smallest absolute Gasteiger partial charge is 0.422 e. The highest BCUT2D eigenvalue weighted by molar-refractivity contribution is 7.87. The van der Waals surface area contributed by atoms with Crippen molar-refractivity contribution in [3.63, 3.8) is 0 Å². The van der Waals surface area contributed by atoms with Gasteiger partial charge in [0, 0.05) is 31.1 Å². The van der Waals surface area contributed by atoms with Crippen LogP contribution in [0.3, 0.4) is 0 Å². The molecule has 9 nitrogen and oxygen atoms in total. The van der Waals surface area contributed by atoms with Crippen LogP contribution in [0.4, 0.5) is 9.59 Å². The second-order valence-corrected chi connectivity index (χ2v) is 12.1. The van der Waals surface area contributed by atoms with Gasteiger partial charge in [-0.25, -0.2) is 14.3 Å². The number of carbonyl (C=O) groups excluding carboxylic acids is 2. The second kappa shape index (κ2) is 8.53. The van der Waals surface area contributed by atoms with E-state index in [-0.39, 0.29) is 17.6 Å². The summed E-state index contributed by atoms with van der Waals surface area (Å²) in [6.45, 7) is 14.0. The monoisotopic (exact) mass is 447 g/mol. The number of rotatable bonds is 6. The van der Waals surface area contributed by atoms with Crippen molar-refractivity contribution in [2.24, 2.45) is 5.41 Å². The Bertz CT molecular complexity index is 739. The summed E-state index contributed by atoms with van der Waals surface area (Å²) < 4.78 is 39.6. The molecule has 1 aliphatic carbocycles. The first-order valence-electron chi connectivity index (χ1n) is 10.6. The summed E-state index contributed by atoms with van der Waals surface area (Å²) in [6.07, 6.45) is 1.54. The second-order valence-electron chi connectivity index (χ2n) is 10.5. The third-order valence-electron chi connectivity index (χ3n) is 5.10. The van der Waals surface area contributed by atoms with E-state index in [4.69, 9.17) is 9.47 Å². The highest BCUT2D eigenvalue weighted by Crippen LogP contribution is 2.51. The van der Waals surface area contributed by atoms with Crippen LogP contribution in [0.1, 0.15) is 74.1 Å². The number of likely N-dealkylation sites (tertiary alicyclic amines) is 1. The summed E-state index contributed by atoms with van der Waals surface area (Å²) >= 11 is 0. The molecule has 0 atom stereocenters. The molecule has 1 saturated heterocycles. The van der Waals surface area contributed by atoms with Crippen molar-refractivity contribution in [3.05, 3.63) is 0 Å². The van der Waals surface area contributed by atoms with E-state index in [1.54, 1.807) is 25.7 Å². The maximum Gasteiger partial charge on any atom is 0.422 e. The van der Waals surface area contributed by atoms with Gasteiger partial charge in [0.25, 0.3) is 0 Å². The lowest BCUT2D eigenvalue weighted by Crippen LogP contribution is -2.69. The van der Waals surface area contributed by atoms with Crippen LogP contribution >= 0.6 is 0 Å². The standard InChI is InChI=1S/C20H37N3O6S/c1-8-9-10-23(30(26,27)21-16(24)28-18(2,3)4)15-11-20(12-15)13-22(14-20)17(25)29-19(5,6)7/h15H,8-14H2,1-7H3,(H,21,24). The third kappa shape index (κ3) is 6.47. The fraction of sp³-hybridized carbons (Fsp3) is 0.900. The van der Waals surface area contributed by atoms with E-state index in [9.17, 15) is 18.0 Å². The van der Waals surface area contributed by atoms with Crippen molar-refractivity contribution in [1.82, 2.24) is 13.9 Å². The van der Waals surface area contributed by atoms with E-state index in [1.807, 2.05) is 32.4 Å². The van der Waals surface area contributed by atoms with E-state index < -0.39 is 27.5 Å². The highest BCUT2D eigenvalue weighted by Gasteiger charge is 2.57. The molecule has 0 bridgehead atoms. The van der Waals surface area contributed by atoms with Crippen molar-refractivity contribution >= 4 is 22.4 Å². The van der Waals surface area contributed by atoms with E-state index in [1.165, 1.54) is 4.31 Å². The molecule has 0 radical (unpaired) electrons. The molecular formula is C20H37N3O6S. The Balaban J connectivity index is 1.95. The van der Waals surface area contributed by atoms with Crippen LogP contribution in [0.15, 0.2) is 0 Å². The van der Waals surface area contributed by atoms with Gasteiger partial charge in [-0.2, -0.15) is 12.7 Å². The van der Waals surface area contributed by atoms with Gasteiger partial charge in [-0.1, -0.05) is 13.3 Å². The van der Waals surface area contributed by atoms with Gasteiger partial charge in [-0.15, -0.1) is 0 Å². The van der Waals surface area contributed by atoms with E-state index >= 15 is 0 Å². The lowest BCUT2D eigenvalue weighted by Gasteiger charge is -2.60. The van der Waals surface area contributed by atoms with Gasteiger partial charge < -0.3 is 14.4 Å². The van der Waals surface area contributed by atoms with Gasteiger partial charge in [0.15, 0.2) is 0 Å². The Kier molecular flexibility index (Phi) is 7.03. The van der Waals surface area contributed by atoms with Crippen LogP contribution in [-0.2, 0) is 19.7 Å². The number of ether oxygens (including phenoxy) is 2. The molecule has 0 aromatic heterocycles. The topological polar surface area (TPSA) is 105 Å². The van der Waals surface area contributed by atoms with Gasteiger partial charge in [0.2, 0.25) is 0 Å². The molecule has 1 heterocycles. The maximum atomic E-state index is 12.8. The first-order chi connectivity index (χ1) is 13.6. The summed E-state index contributed by atoms with van der Waals surface area (Å²) in [4.78, 5) is 25.8. The van der Waals surface area contributed by atoms with Crippen molar-refractivity contribution in [3.8, 4) is 0 Å². The molecule has 0 aromatic rings. The molecule has 1 saturated carbocycles. The molecule has 0 aromatic carbocycles. The fourth-order valence-corrected chi connectivity index (χ4v) is 5.18. The van der Waals surface area contributed by atoms with Gasteiger partial charge in [-0.05, 0) is 60.8 Å². The van der Waals surface area contributed by atoms with Gasteiger partial charge in [0.1, 0.15) is 11.2 Å². The predicted octanol–water partition coefficient (Wildman–Crippen LogP) is 3.26. The van der Waals surface area contributed by atoms with E-state index in [0.717, 1.165) is 6.42 Å². The number of hydrogen-bond donors (Lipinski definition) is 1. The molecule has 2 amide bonds. The minimum absolute atomic E-state index is 0.0620. The van der Waals surface area contributed by atoms with Crippen molar-refractivity contribution in [2.75, 3.05) is 19.6 Å². The van der Waals surface area contributed by atoms with Crippen molar-refractivity contribution < 1.29 is 27.5 Å². The number of unbranched alkanes of at least 4 members (excludes halogenated alkanes) is 1. The Morgan fingerprint density at radius 1 is 1.07 bits per heavy atom. The number of carbonyl (C=O) groups is 2. The Labute approximate surface area is 180 Å². The van der Waals surface area contributed by atoms with Crippen LogP contribution < -0.4 is 4.72 Å². The van der Waals surface area contributed by atoms with Crippen LogP contribution in [0, 0.1) is 5.41 Å². The first kappa shape index (κ1) is 24.7. The summed E-state index contributed by atoms with van der Waals surface area (Å²) in [6, 6.07) is -0.197. The van der Waals surface area contributed by atoms with E-state index in [2.05, 4.69) is 0 Å². The predicted molar refractivity (Wildman–Crippen MR) is 113 cm³/mol. The molecule has 2 aliphatic rings. The number of nitrogens with one attached hydrogen (secondary N) is 1. The fourth-order valence-electron chi connectivity index (χ4n) is 3.90. The quantitative estimate of drug-likeness (QED) is 0.670. The zero-order chi connectivity index (χ0) is 23.0. The highest BCUT2D eigenvalue weighted by atomic mass is 32.2. The van der Waals surface area contributed by atoms with Crippen LogP contribution in [0.25, 0.3) is 0 Å². The number of nitrogens with zero attached hydrogens (tertiary/aromatic N) is 2. The largest absolute Gasteiger partial charge is 0.444 e. The molecule has 2 rings (SSSR count). The summed E-state index contributed by atoms with van der Waals surface area (Å²) in [5.74, 6) is 0. The van der Waals surface area contributed by atoms with Gasteiger partial charge in [-0.3, -0.25) is 0 Å². The van der Waals surface area contributed by atoms with Crippen LogP contribution in [0.5, 0.6) is 0 Å². The van der Waals surface area contributed by atoms with Crippen LogP contribution in [0.2, 0.25) is 0 Å². The maximum absolute atomic E-state index is 12.8. The molecular weight excluding hydrogens is 410 g/mol. The summed E-state index contributed by atoms with van der Waals surface area (Å²) in [7, 11) is -4.01. The Hall–Kier alpha value is -1.55. The van der Waals surface area contributed by atoms with Crippen molar-refractivity contribution in [1.29, 1.82) is 0 Å². The zero-order valence-electron chi connectivity index (χ0n) is 19.3. The molecule has 0 unspecified atom stereocenters. The third-order valence-corrected chi connectivity index (χ3v) is 6.62. The molecule has 1 N–H and O–H groups in total.